The van der Waals surface area contributed by atoms with E-state index in [2.05, 4.69) is 0 Å². The average molecular weight is 485 g/mol. The van der Waals surface area contributed by atoms with Crippen LogP contribution in [0.5, 0.6) is 5.75 Å². The van der Waals surface area contributed by atoms with Crippen molar-refractivity contribution >= 4 is 15.9 Å². The topological polar surface area (TPSA) is 66.9 Å². The smallest absolute Gasteiger partial charge is 0.243 e. The molecule has 2 aromatic carbocycles. The van der Waals surface area contributed by atoms with Crippen molar-refractivity contribution in [3.63, 3.8) is 0 Å². The maximum absolute atomic E-state index is 13.3. The molecule has 2 fully saturated rings. The lowest BCUT2D eigenvalue weighted by atomic mass is 9.93. The Morgan fingerprint density at radius 1 is 0.912 bits per heavy atom. The lowest BCUT2D eigenvalue weighted by Gasteiger charge is -2.37. The van der Waals surface area contributed by atoms with Gasteiger partial charge < -0.3 is 9.64 Å². The first kappa shape index (κ1) is 24.7. The zero-order chi connectivity index (χ0) is 24.3. The zero-order valence-corrected chi connectivity index (χ0v) is 21.3. The highest BCUT2D eigenvalue weighted by Gasteiger charge is 2.36. The van der Waals surface area contributed by atoms with Crippen LogP contribution >= 0.6 is 0 Å². The molecule has 4 rings (SSSR count). The molecule has 0 atom stereocenters. The van der Waals surface area contributed by atoms with Gasteiger partial charge in [0.15, 0.2) is 0 Å². The maximum Gasteiger partial charge on any atom is 0.243 e. The number of carbonyl (C=O) groups is 1. The molecule has 184 valence electrons. The van der Waals surface area contributed by atoms with E-state index < -0.39 is 10.0 Å². The second-order valence-electron chi connectivity index (χ2n) is 9.80. The molecule has 0 radical (unpaired) electrons. The fourth-order valence-corrected chi connectivity index (χ4v) is 7.24. The number of piperidine rings is 2. The molecular formula is C27H36N2O4S. The average Bonchev–Trinajstić information content (AvgIpc) is 2.82. The number of para-hydroxylation sites is 1. The number of amides is 1. The van der Waals surface area contributed by atoms with Gasteiger partial charge in [-0.15, -0.1) is 0 Å². The van der Waals surface area contributed by atoms with Gasteiger partial charge in [0.2, 0.25) is 15.9 Å². The molecule has 2 aliphatic heterocycles. The van der Waals surface area contributed by atoms with E-state index in [-0.39, 0.29) is 11.8 Å². The van der Waals surface area contributed by atoms with Crippen molar-refractivity contribution in [1.29, 1.82) is 0 Å². The van der Waals surface area contributed by atoms with Gasteiger partial charge in [-0.05, 0) is 75.6 Å². The summed E-state index contributed by atoms with van der Waals surface area (Å²) in [6, 6.07) is 13.7. The number of aryl methyl sites for hydroxylation is 3. The molecule has 6 nitrogen and oxygen atoms in total. The highest BCUT2D eigenvalue weighted by Crippen LogP contribution is 2.30. The second-order valence-corrected chi connectivity index (χ2v) is 11.7. The van der Waals surface area contributed by atoms with Gasteiger partial charge in [-0.25, -0.2) is 8.42 Å². The highest BCUT2D eigenvalue weighted by molar-refractivity contribution is 7.89. The minimum absolute atomic E-state index is 0.0937. The number of hydrogen-bond acceptors (Lipinski definition) is 4. The first-order valence-corrected chi connectivity index (χ1v) is 13.7. The summed E-state index contributed by atoms with van der Waals surface area (Å²) in [5.41, 5.74) is 2.64. The molecule has 2 aromatic rings. The minimum Gasteiger partial charge on any atom is -0.493 e. The summed E-state index contributed by atoms with van der Waals surface area (Å²) in [4.78, 5) is 15.5. The van der Waals surface area contributed by atoms with Gasteiger partial charge in [-0.3, -0.25) is 4.79 Å². The zero-order valence-electron chi connectivity index (χ0n) is 20.5. The van der Waals surface area contributed by atoms with E-state index in [4.69, 9.17) is 4.74 Å². The van der Waals surface area contributed by atoms with Crippen LogP contribution in [0.1, 0.15) is 42.4 Å². The lowest BCUT2D eigenvalue weighted by Crippen LogP contribution is -2.47. The van der Waals surface area contributed by atoms with Crippen molar-refractivity contribution < 1.29 is 17.9 Å². The van der Waals surface area contributed by atoms with Crippen LogP contribution in [0.3, 0.4) is 0 Å². The van der Waals surface area contributed by atoms with Crippen molar-refractivity contribution in [2.24, 2.45) is 11.8 Å². The third-order valence-electron chi connectivity index (χ3n) is 7.16. The first-order chi connectivity index (χ1) is 16.3. The van der Waals surface area contributed by atoms with E-state index in [0.717, 1.165) is 48.4 Å². The monoisotopic (exact) mass is 484 g/mol. The quantitative estimate of drug-likeness (QED) is 0.612. The third-order valence-corrected chi connectivity index (χ3v) is 9.37. The molecule has 0 bridgehead atoms. The molecule has 2 saturated heterocycles. The minimum atomic E-state index is -3.56. The lowest BCUT2D eigenvalue weighted by molar-refractivity contribution is -0.138. The summed E-state index contributed by atoms with van der Waals surface area (Å²) in [6.45, 7) is 8.67. The van der Waals surface area contributed by atoms with Crippen molar-refractivity contribution in [2.75, 3.05) is 32.8 Å². The van der Waals surface area contributed by atoms with E-state index in [1.165, 1.54) is 0 Å². The molecule has 0 aromatic heterocycles. The molecule has 2 aliphatic rings. The number of rotatable bonds is 6. The van der Waals surface area contributed by atoms with Gasteiger partial charge in [0.1, 0.15) is 5.75 Å². The van der Waals surface area contributed by atoms with Gasteiger partial charge in [0, 0.05) is 32.1 Å². The van der Waals surface area contributed by atoms with Gasteiger partial charge in [0.25, 0.3) is 0 Å². The molecular weight excluding hydrogens is 448 g/mol. The van der Waals surface area contributed by atoms with E-state index in [1.54, 1.807) is 4.31 Å². The molecule has 0 aliphatic carbocycles. The number of nitrogens with zero attached hydrogens (tertiary/aromatic N) is 2. The molecule has 7 heteroatoms. The predicted molar refractivity (Wildman–Crippen MR) is 133 cm³/mol. The molecule has 0 unspecified atom stereocenters. The predicted octanol–water partition coefficient (Wildman–Crippen LogP) is 4.33. The maximum atomic E-state index is 13.3. The first-order valence-electron chi connectivity index (χ1n) is 12.3. The Bertz CT molecular complexity index is 1080. The SMILES string of the molecule is Cc1cc(C)c(S(=O)(=O)N2CCC(C(=O)N3CCC(COc4ccccc4)CC3)CC2)c(C)c1. The van der Waals surface area contributed by atoms with Crippen LogP contribution in [-0.2, 0) is 14.8 Å². The molecule has 34 heavy (non-hydrogen) atoms. The molecule has 2 heterocycles. The molecule has 0 spiro atoms. The molecule has 1 amide bonds. The number of hydrogen-bond donors (Lipinski definition) is 0. The summed E-state index contributed by atoms with van der Waals surface area (Å²) in [5.74, 6) is 1.43. The Kier molecular flexibility index (Phi) is 7.63. The van der Waals surface area contributed by atoms with Crippen LogP contribution in [-0.4, -0.2) is 56.3 Å². The van der Waals surface area contributed by atoms with Crippen LogP contribution in [0.25, 0.3) is 0 Å². The number of benzene rings is 2. The standard InChI is InChI=1S/C27H36N2O4S/c1-20-17-21(2)26(22(3)18-20)34(31,32)29-15-11-24(12-16-29)27(30)28-13-9-23(10-14-28)19-33-25-7-5-4-6-8-25/h4-8,17-18,23-24H,9-16,19H2,1-3H3. The second kappa shape index (κ2) is 10.5. The summed E-state index contributed by atoms with van der Waals surface area (Å²) < 4.78 is 34.1. The van der Waals surface area contributed by atoms with Gasteiger partial charge in [-0.1, -0.05) is 35.9 Å². The highest BCUT2D eigenvalue weighted by atomic mass is 32.2. The van der Waals surface area contributed by atoms with Gasteiger partial charge in [-0.2, -0.15) is 4.31 Å². The van der Waals surface area contributed by atoms with E-state index in [9.17, 15) is 13.2 Å². The van der Waals surface area contributed by atoms with Gasteiger partial charge in [0.05, 0.1) is 11.5 Å². The van der Waals surface area contributed by atoms with E-state index in [0.29, 0.717) is 43.4 Å². The fraction of sp³-hybridized carbons (Fsp3) is 0.519. The van der Waals surface area contributed by atoms with Gasteiger partial charge >= 0.3 is 0 Å². The normalized spacial score (nSPS) is 18.7. The van der Waals surface area contributed by atoms with Crippen LogP contribution in [0.2, 0.25) is 0 Å². The molecule has 0 saturated carbocycles. The Balaban J connectivity index is 1.28. The van der Waals surface area contributed by atoms with Crippen molar-refractivity contribution in [3.8, 4) is 5.75 Å². The summed E-state index contributed by atoms with van der Waals surface area (Å²) >= 11 is 0. The van der Waals surface area contributed by atoms with Crippen LogP contribution < -0.4 is 4.74 Å². The van der Waals surface area contributed by atoms with Crippen LogP contribution in [0.4, 0.5) is 0 Å². The summed E-state index contributed by atoms with van der Waals surface area (Å²) in [6.07, 6.45) is 3.05. The van der Waals surface area contributed by atoms with Crippen molar-refractivity contribution in [3.05, 3.63) is 59.2 Å². The van der Waals surface area contributed by atoms with Crippen LogP contribution in [0, 0.1) is 32.6 Å². The Morgan fingerprint density at radius 2 is 1.50 bits per heavy atom. The number of likely N-dealkylation sites (tertiary alicyclic amines) is 1. The van der Waals surface area contributed by atoms with E-state index >= 15 is 0 Å². The van der Waals surface area contributed by atoms with Crippen LogP contribution in [0.15, 0.2) is 47.4 Å². The van der Waals surface area contributed by atoms with Crippen molar-refractivity contribution in [2.45, 2.75) is 51.3 Å². The third kappa shape index (κ3) is 5.47. The number of ether oxygens (including phenoxy) is 1. The largest absolute Gasteiger partial charge is 0.493 e. The Hall–Kier alpha value is -2.38. The van der Waals surface area contributed by atoms with Crippen molar-refractivity contribution in [1.82, 2.24) is 9.21 Å². The molecule has 0 N–H and O–H groups in total. The fourth-order valence-electron chi connectivity index (χ4n) is 5.35. The number of sulfonamides is 1. The summed E-state index contributed by atoms with van der Waals surface area (Å²) in [7, 11) is -3.56. The Labute approximate surface area is 204 Å². The Morgan fingerprint density at radius 3 is 2.09 bits per heavy atom. The number of carbonyl (C=O) groups excluding carboxylic acids is 1. The van der Waals surface area contributed by atoms with E-state index in [1.807, 2.05) is 68.1 Å². The summed E-state index contributed by atoms with van der Waals surface area (Å²) in [5, 5.41) is 0.